The largest absolute Gasteiger partial charge is 0.619 e. The summed E-state index contributed by atoms with van der Waals surface area (Å²) in [6.45, 7) is 2.82. The normalized spacial score (nSPS) is 17.4. The Labute approximate surface area is 151 Å². The zero-order valence-corrected chi connectivity index (χ0v) is 14.7. The third kappa shape index (κ3) is 3.82. The van der Waals surface area contributed by atoms with Gasteiger partial charge in [0.15, 0.2) is 18.2 Å². The molecule has 0 aliphatic carbocycles. The lowest BCUT2D eigenvalue weighted by Crippen LogP contribution is -2.43. The summed E-state index contributed by atoms with van der Waals surface area (Å²) in [5.41, 5.74) is 1.84. The summed E-state index contributed by atoms with van der Waals surface area (Å²) in [4.78, 5) is 27.1. The smallest absolute Gasteiger partial charge is 0.259 e. The van der Waals surface area contributed by atoms with E-state index in [0.717, 1.165) is 18.4 Å². The van der Waals surface area contributed by atoms with Gasteiger partial charge in [0.2, 0.25) is 0 Å². The number of Topliss-reactive ketones (excluding diaryl/α,β-unsaturated/α-hetero) is 1. The third-order valence-electron chi connectivity index (χ3n) is 4.56. The molecule has 0 radical (unpaired) electrons. The molecule has 1 aliphatic rings. The molecule has 25 heavy (non-hydrogen) atoms. The number of likely N-dealkylation sites (tertiary alicyclic amines) is 1. The highest BCUT2D eigenvalue weighted by molar-refractivity contribution is 6.30. The molecule has 5 nitrogen and oxygen atoms in total. The molecule has 1 atom stereocenters. The summed E-state index contributed by atoms with van der Waals surface area (Å²) in [7, 11) is 0. The van der Waals surface area contributed by atoms with Gasteiger partial charge in [0.05, 0.1) is 0 Å². The number of carbonyl (C=O) groups is 2. The first-order chi connectivity index (χ1) is 12.0. The minimum absolute atomic E-state index is 0.0404. The van der Waals surface area contributed by atoms with Gasteiger partial charge in [-0.05, 0) is 49.6 Å². The molecule has 3 rings (SSSR count). The van der Waals surface area contributed by atoms with Crippen LogP contribution in [0, 0.1) is 18.0 Å². The van der Waals surface area contributed by atoms with Crippen molar-refractivity contribution in [2.45, 2.75) is 19.8 Å². The molecule has 0 spiro atoms. The van der Waals surface area contributed by atoms with Gasteiger partial charge in [-0.3, -0.25) is 9.59 Å². The fourth-order valence-corrected chi connectivity index (χ4v) is 3.49. The molecular formula is C19H19ClN2O3. The number of hydrogen-bond acceptors (Lipinski definition) is 3. The van der Waals surface area contributed by atoms with Crippen molar-refractivity contribution in [1.82, 2.24) is 4.90 Å². The van der Waals surface area contributed by atoms with Crippen LogP contribution in [0.2, 0.25) is 5.02 Å². The van der Waals surface area contributed by atoms with Crippen LogP contribution in [-0.4, -0.2) is 29.7 Å². The lowest BCUT2D eigenvalue weighted by atomic mass is 9.88. The Morgan fingerprint density at radius 1 is 1.32 bits per heavy atom. The Balaban J connectivity index is 1.76. The van der Waals surface area contributed by atoms with Crippen molar-refractivity contribution in [3.8, 4) is 0 Å². The Kier molecular flexibility index (Phi) is 5.04. The number of halogens is 1. The van der Waals surface area contributed by atoms with Crippen molar-refractivity contribution >= 4 is 23.3 Å². The molecule has 2 heterocycles. The van der Waals surface area contributed by atoms with Gasteiger partial charge in [0.1, 0.15) is 5.56 Å². The van der Waals surface area contributed by atoms with Gasteiger partial charge in [-0.1, -0.05) is 11.6 Å². The van der Waals surface area contributed by atoms with E-state index >= 15 is 0 Å². The molecule has 130 valence electrons. The predicted octanol–water partition coefficient (Wildman–Crippen LogP) is 3.02. The lowest BCUT2D eigenvalue weighted by molar-refractivity contribution is -0.605. The van der Waals surface area contributed by atoms with Crippen molar-refractivity contribution in [3.63, 3.8) is 0 Å². The number of rotatable bonds is 3. The number of nitrogens with zero attached hydrogens (tertiary/aromatic N) is 2. The van der Waals surface area contributed by atoms with E-state index in [0.29, 0.717) is 34.0 Å². The molecule has 1 fully saturated rings. The van der Waals surface area contributed by atoms with Crippen LogP contribution in [0.3, 0.4) is 0 Å². The van der Waals surface area contributed by atoms with Crippen LogP contribution >= 0.6 is 11.6 Å². The molecule has 1 aromatic carbocycles. The molecule has 6 heteroatoms. The number of piperidine rings is 1. The highest BCUT2D eigenvalue weighted by atomic mass is 35.5. The minimum Gasteiger partial charge on any atom is -0.619 e. The van der Waals surface area contributed by atoms with Crippen molar-refractivity contribution < 1.29 is 14.3 Å². The van der Waals surface area contributed by atoms with Crippen LogP contribution in [0.25, 0.3) is 0 Å². The molecule has 0 N–H and O–H groups in total. The average Bonchev–Trinajstić information content (AvgIpc) is 2.61. The molecule has 0 unspecified atom stereocenters. The number of amides is 1. The summed E-state index contributed by atoms with van der Waals surface area (Å²) in [6, 6.07) is 8.40. The van der Waals surface area contributed by atoms with Gasteiger partial charge in [0, 0.05) is 35.7 Å². The molecular weight excluding hydrogens is 340 g/mol. The van der Waals surface area contributed by atoms with Crippen molar-refractivity contribution in [1.29, 1.82) is 0 Å². The van der Waals surface area contributed by atoms with Gasteiger partial charge in [-0.2, -0.15) is 4.73 Å². The minimum atomic E-state index is -0.235. The number of hydrogen-bond donors (Lipinski definition) is 0. The van der Waals surface area contributed by atoms with E-state index in [9.17, 15) is 14.8 Å². The average molecular weight is 359 g/mol. The quantitative estimate of drug-likeness (QED) is 0.481. The third-order valence-corrected chi connectivity index (χ3v) is 4.79. The molecule has 1 amide bonds. The topological polar surface area (TPSA) is 64.3 Å². The fraction of sp³-hybridized carbons (Fsp3) is 0.316. The van der Waals surface area contributed by atoms with E-state index < -0.39 is 0 Å². The summed E-state index contributed by atoms with van der Waals surface area (Å²) < 4.78 is 0.608. The number of benzene rings is 1. The Bertz CT molecular complexity index is 822. The van der Waals surface area contributed by atoms with E-state index in [1.807, 2.05) is 6.92 Å². The molecule has 1 aromatic heterocycles. The van der Waals surface area contributed by atoms with E-state index in [-0.39, 0.29) is 17.6 Å². The second-order valence-corrected chi connectivity index (χ2v) is 6.80. The highest BCUT2D eigenvalue weighted by Gasteiger charge is 2.30. The van der Waals surface area contributed by atoms with Crippen molar-refractivity contribution in [2.75, 3.05) is 13.1 Å². The Morgan fingerprint density at radius 2 is 2.12 bits per heavy atom. The summed E-state index contributed by atoms with van der Waals surface area (Å²) in [5, 5.41) is 12.0. The molecule has 2 aromatic rings. The lowest BCUT2D eigenvalue weighted by Gasteiger charge is -2.32. The van der Waals surface area contributed by atoms with Crippen LogP contribution in [-0.2, 0) is 0 Å². The Morgan fingerprint density at radius 3 is 2.84 bits per heavy atom. The monoisotopic (exact) mass is 358 g/mol. The maximum absolute atomic E-state index is 12.9. The number of carbonyl (C=O) groups excluding carboxylic acids is 2. The van der Waals surface area contributed by atoms with Crippen molar-refractivity contribution in [3.05, 3.63) is 69.6 Å². The Hall–Kier alpha value is -2.40. The first kappa shape index (κ1) is 17.4. The first-order valence-electron chi connectivity index (χ1n) is 8.24. The first-order valence-corrected chi connectivity index (χ1v) is 8.62. The van der Waals surface area contributed by atoms with Gasteiger partial charge in [-0.15, -0.1) is 0 Å². The van der Waals surface area contributed by atoms with Crippen molar-refractivity contribution in [2.24, 2.45) is 5.92 Å². The van der Waals surface area contributed by atoms with E-state index in [4.69, 9.17) is 11.6 Å². The molecule has 0 saturated carbocycles. The maximum atomic E-state index is 12.9. The van der Waals surface area contributed by atoms with Gasteiger partial charge in [-0.25, -0.2) is 0 Å². The summed E-state index contributed by atoms with van der Waals surface area (Å²) in [6.07, 6.45) is 4.11. The van der Waals surface area contributed by atoms with E-state index in [1.165, 1.54) is 12.4 Å². The number of pyridine rings is 1. The zero-order valence-electron chi connectivity index (χ0n) is 13.9. The zero-order chi connectivity index (χ0) is 18.0. The standard InChI is InChI=1S/C19H19ClN2O3/c1-13-10-16(20)6-7-17(13)18(23)14-4-2-8-21(11-14)19(24)15-5-3-9-22(25)12-15/h3,5-7,9-10,12,14H,2,4,8,11H2,1H3/t14-/m1/s1. The molecule has 1 saturated heterocycles. The molecule has 0 bridgehead atoms. The summed E-state index contributed by atoms with van der Waals surface area (Å²) >= 11 is 5.96. The second kappa shape index (κ2) is 7.23. The van der Waals surface area contributed by atoms with Gasteiger partial charge < -0.3 is 10.1 Å². The number of ketones is 1. The van der Waals surface area contributed by atoms with Crippen LogP contribution in [0.1, 0.15) is 39.1 Å². The number of aromatic nitrogens is 1. The summed E-state index contributed by atoms with van der Waals surface area (Å²) in [5.74, 6) is -0.408. The van der Waals surface area contributed by atoms with Gasteiger partial charge in [0.25, 0.3) is 5.91 Å². The van der Waals surface area contributed by atoms with E-state index in [1.54, 1.807) is 35.2 Å². The SMILES string of the molecule is Cc1cc(Cl)ccc1C(=O)[C@@H]1CCCN(C(=O)c2ccc[n+]([O-])c2)C1. The predicted molar refractivity (Wildman–Crippen MR) is 94.5 cm³/mol. The van der Waals surface area contributed by atoms with Crippen LogP contribution < -0.4 is 4.73 Å². The van der Waals surface area contributed by atoms with E-state index in [2.05, 4.69) is 0 Å². The van der Waals surface area contributed by atoms with Crippen LogP contribution in [0.15, 0.2) is 42.7 Å². The fourth-order valence-electron chi connectivity index (χ4n) is 3.26. The number of aryl methyl sites for hydroxylation is 1. The molecule has 1 aliphatic heterocycles. The second-order valence-electron chi connectivity index (χ2n) is 6.37. The highest BCUT2D eigenvalue weighted by Crippen LogP contribution is 2.25. The van der Waals surface area contributed by atoms with Gasteiger partial charge >= 0.3 is 0 Å². The maximum Gasteiger partial charge on any atom is 0.259 e. The van der Waals surface area contributed by atoms with Crippen LogP contribution in [0.5, 0.6) is 0 Å². The van der Waals surface area contributed by atoms with Crippen LogP contribution in [0.4, 0.5) is 0 Å².